The molecule has 0 atom stereocenters. The maximum absolute atomic E-state index is 13.0. The minimum Gasteiger partial charge on any atom is -0.481 e. The summed E-state index contributed by atoms with van der Waals surface area (Å²) in [6.07, 6.45) is 4.44. The lowest BCUT2D eigenvalue weighted by Crippen LogP contribution is -2.43. The van der Waals surface area contributed by atoms with Crippen LogP contribution in [0.5, 0.6) is 5.88 Å². The fourth-order valence-corrected chi connectivity index (χ4v) is 4.53. The Hall–Kier alpha value is -3.92. The number of piperidine rings is 1. The predicted octanol–water partition coefficient (Wildman–Crippen LogP) is 3.18. The second-order valence-electron chi connectivity index (χ2n) is 8.41. The van der Waals surface area contributed by atoms with Gasteiger partial charge in [-0.2, -0.15) is 10.2 Å². The molecule has 0 spiro atoms. The molecule has 35 heavy (non-hydrogen) atoms. The highest BCUT2D eigenvalue weighted by atomic mass is 35.5. The summed E-state index contributed by atoms with van der Waals surface area (Å²) in [6.45, 7) is 1.41. The summed E-state index contributed by atoms with van der Waals surface area (Å²) in [5.74, 6) is 0.0881. The number of H-pyrrole nitrogens is 2. The number of carbonyl (C=O) groups is 2. The Bertz CT molecular complexity index is 1370. The smallest absolute Gasteiger partial charge is 0.274 e. The van der Waals surface area contributed by atoms with E-state index < -0.39 is 0 Å². The van der Waals surface area contributed by atoms with Crippen LogP contribution in [0.15, 0.2) is 42.7 Å². The van der Waals surface area contributed by atoms with Gasteiger partial charge in [-0.1, -0.05) is 23.7 Å². The summed E-state index contributed by atoms with van der Waals surface area (Å²) in [5, 5.41) is 18.5. The van der Waals surface area contributed by atoms with Crippen LogP contribution in [0.4, 0.5) is 0 Å². The van der Waals surface area contributed by atoms with Crippen LogP contribution in [0, 0.1) is 5.92 Å². The number of aromatic nitrogens is 5. The number of nitrogens with zero attached hydrogens (tertiary/aromatic N) is 4. The van der Waals surface area contributed by atoms with Crippen molar-refractivity contribution in [3.63, 3.8) is 0 Å². The van der Waals surface area contributed by atoms with E-state index in [1.165, 1.54) is 13.3 Å². The van der Waals surface area contributed by atoms with Crippen molar-refractivity contribution in [2.24, 2.45) is 5.92 Å². The summed E-state index contributed by atoms with van der Waals surface area (Å²) in [4.78, 5) is 31.5. The first-order valence-corrected chi connectivity index (χ1v) is 11.6. The fraction of sp³-hybridized carbons (Fsp3) is 0.292. The van der Waals surface area contributed by atoms with Gasteiger partial charge in [-0.15, -0.1) is 0 Å². The van der Waals surface area contributed by atoms with Gasteiger partial charge >= 0.3 is 0 Å². The fourth-order valence-electron chi connectivity index (χ4n) is 4.32. The second-order valence-corrected chi connectivity index (χ2v) is 8.81. The van der Waals surface area contributed by atoms with Gasteiger partial charge in [0.1, 0.15) is 0 Å². The van der Waals surface area contributed by atoms with Crippen LogP contribution in [0.1, 0.15) is 28.9 Å². The van der Waals surface area contributed by atoms with E-state index in [9.17, 15) is 9.59 Å². The van der Waals surface area contributed by atoms with E-state index in [4.69, 9.17) is 16.3 Å². The molecule has 10 nitrogen and oxygen atoms in total. The first-order chi connectivity index (χ1) is 17.0. The Morgan fingerprint density at radius 2 is 2.03 bits per heavy atom. The molecule has 180 valence electrons. The SMILES string of the molecule is COc1cc(-c2cc(C(=O)N3CCC(C(=O)NCc4cccc5[nH]ncc45)CC3)n[nH]2)c(Cl)cn1. The van der Waals surface area contributed by atoms with Gasteiger partial charge in [-0.25, -0.2) is 4.98 Å². The lowest BCUT2D eigenvalue weighted by atomic mass is 9.95. The average Bonchev–Trinajstić information content (AvgIpc) is 3.57. The molecule has 4 aromatic rings. The molecule has 3 aromatic heterocycles. The topological polar surface area (TPSA) is 129 Å². The number of halogens is 1. The normalized spacial score (nSPS) is 14.3. The van der Waals surface area contributed by atoms with Crippen LogP contribution in [0.3, 0.4) is 0 Å². The largest absolute Gasteiger partial charge is 0.481 e. The van der Waals surface area contributed by atoms with Gasteiger partial charge < -0.3 is 15.0 Å². The van der Waals surface area contributed by atoms with E-state index in [0.717, 1.165) is 16.5 Å². The number of benzene rings is 1. The van der Waals surface area contributed by atoms with E-state index in [2.05, 4.69) is 30.7 Å². The van der Waals surface area contributed by atoms with Crippen molar-refractivity contribution < 1.29 is 14.3 Å². The predicted molar refractivity (Wildman–Crippen MR) is 130 cm³/mol. The highest BCUT2D eigenvalue weighted by molar-refractivity contribution is 6.33. The summed E-state index contributed by atoms with van der Waals surface area (Å²) in [7, 11) is 1.52. The lowest BCUT2D eigenvalue weighted by Gasteiger charge is -2.30. The molecule has 4 heterocycles. The Balaban J connectivity index is 1.17. The van der Waals surface area contributed by atoms with Crippen molar-refractivity contribution in [1.82, 2.24) is 35.6 Å². The number of nitrogens with one attached hydrogen (secondary N) is 3. The Morgan fingerprint density at radius 1 is 1.20 bits per heavy atom. The second kappa shape index (κ2) is 9.75. The summed E-state index contributed by atoms with van der Waals surface area (Å²) >= 11 is 6.25. The van der Waals surface area contributed by atoms with E-state index in [0.29, 0.717) is 60.3 Å². The molecule has 1 aliphatic rings. The van der Waals surface area contributed by atoms with Crippen LogP contribution in [0.25, 0.3) is 22.2 Å². The number of hydrogen-bond donors (Lipinski definition) is 3. The first kappa shape index (κ1) is 22.9. The van der Waals surface area contributed by atoms with Crippen molar-refractivity contribution in [2.45, 2.75) is 19.4 Å². The van der Waals surface area contributed by atoms with E-state index in [1.54, 1.807) is 23.2 Å². The van der Waals surface area contributed by atoms with E-state index >= 15 is 0 Å². The van der Waals surface area contributed by atoms with Gasteiger partial charge in [-0.3, -0.25) is 19.8 Å². The highest BCUT2D eigenvalue weighted by Gasteiger charge is 2.29. The number of hydrogen-bond acceptors (Lipinski definition) is 6. The zero-order valence-corrected chi connectivity index (χ0v) is 19.8. The molecule has 11 heteroatoms. The molecule has 3 N–H and O–H groups in total. The Kier molecular flexibility index (Phi) is 6.37. The molecule has 1 saturated heterocycles. The minimum absolute atomic E-state index is 0.000860. The number of likely N-dealkylation sites (tertiary alicyclic amines) is 1. The molecular weight excluding hydrogens is 470 g/mol. The number of carbonyl (C=O) groups excluding carboxylic acids is 2. The third kappa shape index (κ3) is 4.69. The van der Waals surface area contributed by atoms with Crippen LogP contribution in [-0.2, 0) is 11.3 Å². The Labute approximate surface area is 206 Å². The monoisotopic (exact) mass is 493 g/mol. The molecule has 1 aliphatic heterocycles. The van der Waals surface area contributed by atoms with Gasteiger partial charge in [0, 0.05) is 42.6 Å². The molecule has 0 aliphatic carbocycles. The number of rotatable bonds is 6. The van der Waals surface area contributed by atoms with Gasteiger partial charge in [0.15, 0.2) is 5.69 Å². The number of aromatic amines is 2. The molecule has 0 unspecified atom stereocenters. The van der Waals surface area contributed by atoms with Crippen molar-refractivity contribution in [1.29, 1.82) is 0 Å². The number of amides is 2. The maximum atomic E-state index is 13.0. The van der Waals surface area contributed by atoms with Gasteiger partial charge in [-0.05, 0) is 30.5 Å². The third-order valence-electron chi connectivity index (χ3n) is 6.31. The summed E-state index contributed by atoms with van der Waals surface area (Å²) in [5.41, 5.74) is 3.49. The maximum Gasteiger partial charge on any atom is 0.274 e. The lowest BCUT2D eigenvalue weighted by molar-refractivity contribution is -0.126. The van der Waals surface area contributed by atoms with E-state index in [-0.39, 0.29) is 17.7 Å². The zero-order chi connectivity index (χ0) is 24.4. The van der Waals surface area contributed by atoms with Crippen molar-refractivity contribution in [3.8, 4) is 17.1 Å². The molecule has 5 rings (SSSR count). The van der Waals surface area contributed by atoms with Crippen LogP contribution in [0.2, 0.25) is 5.02 Å². The highest BCUT2D eigenvalue weighted by Crippen LogP contribution is 2.29. The average molecular weight is 494 g/mol. The molecule has 1 aromatic carbocycles. The molecular formula is C24H24ClN7O3. The first-order valence-electron chi connectivity index (χ1n) is 11.3. The van der Waals surface area contributed by atoms with Crippen molar-refractivity contribution in [2.75, 3.05) is 20.2 Å². The number of ether oxygens (including phenoxy) is 1. The van der Waals surface area contributed by atoms with Crippen molar-refractivity contribution >= 4 is 34.3 Å². The van der Waals surface area contributed by atoms with Crippen LogP contribution < -0.4 is 10.1 Å². The van der Waals surface area contributed by atoms with E-state index in [1.807, 2.05) is 18.2 Å². The summed E-state index contributed by atoms with van der Waals surface area (Å²) < 4.78 is 5.15. The molecule has 0 saturated carbocycles. The standard InChI is InChI=1S/C24H24ClN7O3/c1-35-22-9-16(18(25)13-26-22)20-10-21(31-30-20)24(34)32-7-5-14(6-8-32)23(33)27-11-15-3-2-4-19-17(15)12-28-29-19/h2-4,9-10,12-14H,5-8,11H2,1H3,(H,27,33)(H,28,29)(H,30,31). The van der Waals surface area contributed by atoms with Gasteiger partial charge in [0.2, 0.25) is 11.8 Å². The van der Waals surface area contributed by atoms with Crippen LogP contribution >= 0.6 is 11.6 Å². The third-order valence-corrected chi connectivity index (χ3v) is 6.61. The van der Waals surface area contributed by atoms with Crippen LogP contribution in [-0.4, -0.2) is 62.3 Å². The minimum atomic E-state index is -0.185. The number of methoxy groups -OCH3 is 1. The van der Waals surface area contributed by atoms with Crippen molar-refractivity contribution in [3.05, 3.63) is 59.0 Å². The zero-order valence-electron chi connectivity index (χ0n) is 19.0. The number of pyridine rings is 1. The molecule has 0 bridgehead atoms. The van der Waals surface area contributed by atoms with Gasteiger partial charge in [0.05, 0.1) is 35.7 Å². The van der Waals surface area contributed by atoms with Gasteiger partial charge in [0.25, 0.3) is 5.91 Å². The quantitative estimate of drug-likeness (QED) is 0.378. The molecule has 1 fully saturated rings. The summed E-state index contributed by atoms with van der Waals surface area (Å²) in [6, 6.07) is 9.21. The molecule has 2 amide bonds. The number of fused-ring (bicyclic) bond motifs is 1. The molecule has 0 radical (unpaired) electrons. The Morgan fingerprint density at radius 3 is 2.83 bits per heavy atom.